The van der Waals surface area contributed by atoms with Crippen molar-refractivity contribution in [2.45, 2.75) is 32.1 Å². The first-order valence-electron chi connectivity index (χ1n) is 6.21. The number of aromatic amines is 1. The van der Waals surface area contributed by atoms with Crippen molar-refractivity contribution in [3.63, 3.8) is 0 Å². The summed E-state index contributed by atoms with van der Waals surface area (Å²) in [5.41, 5.74) is -0.491. The number of aryl methyl sites for hydroxylation is 1. The number of hydrogen-bond donors (Lipinski definition) is 4. The molecule has 4 atom stereocenters. The lowest BCUT2D eigenvalue weighted by atomic mass is 9.68. The predicted molar refractivity (Wildman–Crippen MR) is 66.8 cm³/mol. The van der Waals surface area contributed by atoms with Crippen molar-refractivity contribution in [1.82, 2.24) is 9.55 Å². The zero-order chi connectivity index (χ0) is 14.2. The normalized spacial score (nSPS) is 27.9. The molecule has 0 spiro atoms. The van der Waals surface area contributed by atoms with Crippen molar-refractivity contribution in [1.29, 1.82) is 0 Å². The molecule has 0 unspecified atom stereocenters. The molecule has 0 saturated heterocycles. The van der Waals surface area contributed by atoms with Gasteiger partial charge in [0.2, 0.25) is 0 Å². The van der Waals surface area contributed by atoms with Gasteiger partial charge in [0.1, 0.15) is 0 Å². The van der Waals surface area contributed by atoms with Crippen molar-refractivity contribution in [3.05, 3.63) is 32.6 Å². The van der Waals surface area contributed by atoms with Crippen LogP contribution in [0.2, 0.25) is 0 Å². The van der Waals surface area contributed by atoms with Gasteiger partial charge in [-0.15, -0.1) is 0 Å². The zero-order valence-electron chi connectivity index (χ0n) is 10.6. The lowest BCUT2D eigenvalue weighted by molar-refractivity contribution is -0.115. The fourth-order valence-corrected chi connectivity index (χ4v) is 2.64. The highest BCUT2D eigenvalue weighted by Gasteiger charge is 2.44. The van der Waals surface area contributed by atoms with Crippen LogP contribution in [-0.4, -0.2) is 43.7 Å². The minimum Gasteiger partial charge on any atom is -0.394 e. The Bertz CT molecular complexity index is 564. The van der Waals surface area contributed by atoms with Crippen LogP contribution in [0.25, 0.3) is 0 Å². The van der Waals surface area contributed by atoms with Gasteiger partial charge in [-0.25, -0.2) is 4.79 Å². The molecule has 7 heteroatoms. The third-order valence-electron chi connectivity index (χ3n) is 3.78. The lowest BCUT2D eigenvalue weighted by Crippen LogP contribution is -2.51. The summed E-state index contributed by atoms with van der Waals surface area (Å²) in [6.07, 6.45) is 0.278. The van der Waals surface area contributed by atoms with E-state index in [9.17, 15) is 19.8 Å². The van der Waals surface area contributed by atoms with Gasteiger partial charge >= 0.3 is 5.69 Å². The van der Waals surface area contributed by atoms with Gasteiger partial charge in [-0.05, 0) is 19.3 Å². The summed E-state index contributed by atoms with van der Waals surface area (Å²) < 4.78 is 1.37. The van der Waals surface area contributed by atoms with Crippen molar-refractivity contribution >= 4 is 0 Å². The molecule has 1 fully saturated rings. The van der Waals surface area contributed by atoms with E-state index in [0.29, 0.717) is 18.5 Å². The smallest absolute Gasteiger partial charge is 0.328 e. The molecule has 4 N–H and O–H groups in total. The highest BCUT2D eigenvalue weighted by Crippen LogP contribution is 2.38. The number of nitrogens with zero attached hydrogens (tertiary/aromatic N) is 1. The topological polar surface area (TPSA) is 116 Å². The van der Waals surface area contributed by atoms with Crippen LogP contribution in [0, 0.1) is 18.8 Å². The van der Waals surface area contributed by atoms with E-state index in [2.05, 4.69) is 4.98 Å². The molecule has 106 valence electrons. The van der Waals surface area contributed by atoms with E-state index in [0.717, 1.165) is 0 Å². The Balaban J connectivity index is 2.16. The van der Waals surface area contributed by atoms with Crippen LogP contribution in [0.4, 0.5) is 0 Å². The molecule has 0 bridgehead atoms. The Morgan fingerprint density at radius 1 is 1.53 bits per heavy atom. The Kier molecular flexibility index (Phi) is 3.88. The van der Waals surface area contributed by atoms with Crippen molar-refractivity contribution < 1.29 is 15.3 Å². The van der Waals surface area contributed by atoms with Gasteiger partial charge in [0.05, 0.1) is 18.8 Å². The maximum Gasteiger partial charge on any atom is 0.328 e. The number of nitrogens with one attached hydrogen (secondary N) is 1. The van der Waals surface area contributed by atoms with E-state index in [1.54, 1.807) is 6.92 Å². The van der Waals surface area contributed by atoms with Gasteiger partial charge in [0, 0.05) is 24.2 Å². The largest absolute Gasteiger partial charge is 0.394 e. The van der Waals surface area contributed by atoms with Crippen LogP contribution in [0.1, 0.15) is 12.0 Å². The second-order valence-electron chi connectivity index (χ2n) is 5.11. The zero-order valence-corrected chi connectivity index (χ0v) is 10.6. The van der Waals surface area contributed by atoms with Crippen LogP contribution >= 0.6 is 0 Å². The van der Waals surface area contributed by atoms with E-state index in [4.69, 9.17) is 5.11 Å². The number of rotatable bonds is 4. The molecule has 0 radical (unpaired) electrons. The van der Waals surface area contributed by atoms with Crippen LogP contribution < -0.4 is 11.2 Å². The second-order valence-corrected chi connectivity index (χ2v) is 5.11. The summed E-state index contributed by atoms with van der Waals surface area (Å²) in [5, 5.41) is 28.1. The molecular formula is C12H18N2O5. The first kappa shape index (κ1) is 14.0. The SMILES string of the molecule is Cc1cn(C[C@@H]2C[C@H](O)[C@@H]2[C@H](O)CO)c(=O)[nH]c1=O. The van der Waals surface area contributed by atoms with Gasteiger partial charge in [0.25, 0.3) is 5.56 Å². The molecule has 19 heavy (non-hydrogen) atoms. The minimum absolute atomic E-state index is 0.0971. The highest BCUT2D eigenvalue weighted by molar-refractivity contribution is 5.02. The fraction of sp³-hybridized carbons (Fsp3) is 0.667. The monoisotopic (exact) mass is 270 g/mol. The Labute approximate surface area is 109 Å². The molecule has 0 aromatic carbocycles. The molecule has 1 aromatic rings. The molecule has 1 heterocycles. The number of H-pyrrole nitrogens is 1. The van der Waals surface area contributed by atoms with Crippen LogP contribution in [0.15, 0.2) is 15.8 Å². The molecule has 1 aliphatic rings. The molecular weight excluding hydrogens is 252 g/mol. The van der Waals surface area contributed by atoms with Gasteiger partial charge in [-0.1, -0.05) is 0 Å². The highest BCUT2D eigenvalue weighted by atomic mass is 16.3. The number of aliphatic hydroxyl groups is 3. The van der Waals surface area contributed by atoms with Crippen LogP contribution in [-0.2, 0) is 6.54 Å². The average molecular weight is 270 g/mol. The first-order chi connectivity index (χ1) is 8.93. The predicted octanol–water partition coefficient (Wildman–Crippen LogP) is -1.80. The summed E-state index contributed by atoms with van der Waals surface area (Å²) in [4.78, 5) is 25.1. The Morgan fingerprint density at radius 3 is 2.79 bits per heavy atom. The third kappa shape index (κ3) is 2.63. The summed E-state index contributed by atoms with van der Waals surface area (Å²) in [5.74, 6) is -0.538. The van der Waals surface area contributed by atoms with E-state index >= 15 is 0 Å². The number of aromatic nitrogens is 2. The minimum atomic E-state index is -0.992. The van der Waals surface area contributed by atoms with E-state index in [1.807, 2.05) is 0 Å². The van der Waals surface area contributed by atoms with E-state index in [-0.39, 0.29) is 5.92 Å². The van der Waals surface area contributed by atoms with Crippen molar-refractivity contribution in [2.24, 2.45) is 11.8 Å². The maximum atomic E-state index is 11.6. The number of hydrogen-bond acceptors (Lipinski definition) is 5. The van der Waals surface area contributed by atoms with Gasteiger partial charge in [-0.3, -0.25) is 9.78 Å². The summed E-state index contributed by atoms with van der Waals surface area (Å²) in [7, 11) is 0. The van der Waals surface area contributed by atoms with E-state index < -0.39 is 36.0 Å². The standard InChI is InChI=1S/C12H18N2O5/c1-6-3-14(12(19)13-11(6)18)4-7-2-8(16)10(7)9(17)5-15/h3,7-10,15-17H,2,4-5H2,1H3,(H,13,18,19)/t7-,8-,9+,10+/m0/s1. The maximum absolute atomic E-state index is 11.6. The second kappa shape index (κ2) is 5.28. The van der Waals surface area contributed by atoms with Crippen LogP contribution in [0.5, 0.6) is 0 Å². The average Bonchev–Trinajstić information content (AvgIpc) is 2.34. The van der Waals surface area contributed by atoms with Crippen LogP contribution in [0.3, 0.4) is 0 Å². The molecule has 0 amide bonds. The summed E-state index contributed by atoms with van der Waals surface area (Å²) in [6.45, 7) is 1.48. The van der Waals surface area contributed by atoms with Crippen molar-refractivity contribution in [2.75, 3.05) is 6.61 Å². The molecule has 0 aliphatic heterocycles. The fourth-order valence-electron chi connectivity index (χ4n) is 2.64. The summed E-state index contributed by atoms with van der Waals surface area (Å²) in [6, 6.07) is 0. The lowest BCUT2D eigenvalue weighted by Gasteiger charge is -2.44. The van der Waals surface area contributed by atoms with Gasteiger partial charge < -0.3 is 19.9 Å². The Morgan fingerprint density at radius 2 is 2.21 bits per heavy atom. The molecule has 1 saturated carbocycles. The van der Waals surface area contributed by atoms with Gasteiger partial charge in [-0.2, -0.15) is 0 Å². The Hall–Kier alpha value is -1.44. The van der Waals surface area contributed by atoms with Gasteiger partial charge in [0.15, 0.2) is 0 Å². The number of aliphatic hydroxyl groups excluding tert-OH is 3. The molecule has 2 rings (SSSR count). The van der Waals surface area contributed by atoms with Crippen molar-refractivity contribution in [3.8, 4) is 0 Å². The molecule has 1 aromatic heterocycles. The van der Waals surface area contributed by atoms with E-state index in [1.165, 1.54) is 10.8 Å². The quantitative estimate of drug-likeness (QED) is 0.515. The summed E-state index contributed by atoms with van der Waals surface area (Å²) >= 11 is 0. The molecule has 1 aliphatic carbocycles. The molecule has 7 nitrogen and oxygen atoms in total. The third-order valence-corrected chi connectivity index (χ3v) is 3.78. The first-order valence-corrected chi connectivity index (χ1v) is 6.21.